The second kappa shape index (κ2) is 3.97. The van der Waals surface area contributed by atoms with E-state index in [-0.39, 0.29) is 12.2 Å². The smallest absolute Gasteiger partial charge is 0.123 e. The monoisotopic (exact) mass is 168 g/mol. The van der Waals surface area contributed by atoms with E-state index >= 15 is 0 Å². The van der Waals surface area contributed by atoms with Gasteiger partial charge in [0.1, 0.15) is 12.1 Å². The van der Waals surface area contributed by atoms with E-state index in [4.69, 9.17) is 0 Å². The van der Waals surface area contributed by atoms with Crippen LogP contribution >= 0.6 is 0 Å². The van der Waals surface area contributed by atoms with Gasteiger partial charge < -0.3 is 9.90 Å². The summed E-state index contributed by atoms with van der Waals surface area (Å²) in [5.74, 6) is -0.350. The zero-order valence-corrected chi connectivity index (χ0v) is 6.40. The molecule has 0 aromatic heterocycles. The van der Waals surface area contributed by atoms with Gasteiger partial charge in [-0.25, -0.2) is 4.39 Å². The Morgan fingerprint density at radius 1 is 1.42 bits per heavy atom. The molecule has 0 saturated carbocycles. The van der Waals surface area contributed by atoms with Crippen LogP contribution in [-0.2, 0) is 4.79 Å². The summed E-state index contributed by atoms with van der Waals surface area (Å²) >= 11 is 0. The number of aldehydes is 1. The average Bonchev–Trinajstić information content (AvgIpc) is 2.06. The van der Waals surface area contributed by atoms with E-state index in [2.05, 4.69) is 0 Å². The van der Waals surface area contributed by atoms with E-state index in [0.717, 1.165) is 0 Å². The summed E-state index contributed by atoms with van der Waals surface area (Å²) in [4.78, 5) is 10.0. The minimum Gasteiger partial charge on any atom is -0.388 e. The number of aliphatic hydroxyl groups excluding tert-OH is 1. The third-order valence-corrected chi connectivity index (χ3v) is 1.57. The van der Waals surface area contributed by atoms with Crippen LogP contribution in [0.2, 0.25) is 0 Å². The summed E-state index contributed by atoms with van der Waals surface area (Å²) < 4.78 is 12.4. The minimum atomic E-state index is -0.817. The molecule has 0 heterocycles. The van der Waals surface area contributed by atoms with Gasteiger partial charge in [0.2, 0.25) is 0 Å². The lowest BCUT2D eigenvalue weighted by Crippen LogP contribution is -1.97. The SMILES string of the molecule is O=CCC(O)c1ccc(F)cc1. The highest BCUT2D eigenvalue weighted by atomic mass is 19.1. The molecule has 0 aliphatic rings. The molecule has 0 fully saturated rings. The van der Waals surface area contributed by atoms with Gasteiger partial charge in [0.05, 0.1) is 6.10 Å². The van der Waals surface area contributed by atoms with E-state index in [9.17, 15) is 14.3 Å². The maximum atomic E-state index is 12.4. The molecule has 0 bridgehead atoms. The number of halogens is 1. The highest BCUT2D eigenvalue weighted by molar-refractivity contribution is 5.50. The molecule has 12 heavy (non-hydrogen) atoms. The Labute approximate surface area is 69.6 Å². The van der Waals surface area contributed by atoms with E-state index in [1.54, 1.807) is 0 Å². The Balaban J connectivity index is 2.74. The van der Waals surface area contributed by atoms with E-state index < -0.39 is 6.10 Å². The predicted octanol–water partition coefficient (Wildman–Crippen LogP) is 1.45. The number of hydrogen-bond acceptors (Lipinski definition) is 2. The topological polar surface area (TPSA) is 37.3 Å². The van der Waals surface area contributed by atoms with Gasteiger partial charge in [-0.05, 0) is 17.7 Å². The number of carbonyl (C=O) groups excluding carboxylic acids is 1. The zero-order chi connectivity index (χ0) is 8.97. The van der Waals surface area contributed by atoms with Crippen LogP contribution in [0.15, 0.2) is 24.3 Å². The summed E-state index contributed by atoms with van der Waals surface area (Å²) in [7, 11) is 0. The molecule has 1 rings (SSSR count). The van der Waals surface area contributed by atoms with Crippen LogP contribution in [0, 0.1) is 5.82 Å². The number of hydrogen-bond donors (Lipinski definition) is 1. The molecule has 1 N–H and O–H groups in total. The van der Waals surface area contributed by atoms with E-state index in [1.165, 1.54) is 24.3 Å². The summed E-state index contributed by atoms with van der Waals surface area (Å²) in [5.41, 5.74) is 0.559. The van der Waals surface area contributed by atoms with E-state index in [1.807, 2.05) is 0 Å². The average molecular weight is 168 g/mol. The van der Waals surface area contributed by atoms with Crippen molar-refractivity contribution in [2.45, 2.75) is 12.5 Å². The second-order valence-corrected chi connectivity index (χ2v) is 2.47. The fourth-order valence-electron chi connectivity index (χ4n) is 0.912. The van der Waals surface area contributed by atoms with Crippen molar-refractivity contribution < 1.29 is 14.3 Å². The number of benzene rings is 1. The molecule has 1 aromatic carbocycles. The van der Waals surface area contributed by atoms with E-state index in [0.29, 0.717) is 11.8 Å². The first kappa shape index (κ1) is 8.87. The molecular formula is C9H9FO2. The first-order valence-corrected chi connectivity index (χ1v) is 3.61. The number of rotatable bonds is 3. The minimum absolute atomic E-state index is 0.0473. The Hall–Kier alpha value is -1.22. The first-order chi connectivity index (χ1) is 5.74. The fraction of sp³-hybridized carbons (Fsp3) is 0.222. The molecule has 0 amide bonds. The summed E-state index contributed by atoms with van der Waals surface area (Å²) in [5, 5.41) is 9.26. The lowest BCUT2D eigenvalue weighted by Gasteiger charge is -2.05. The standard InChI is InChI=1S/C9H9FO2/c10-8-3-1-7(2-4-8)9(12)5-6-11/h1-4,6,9,12H,5H2. The molecule has 3 heteroatoms. The highest BCUT2D eigenvalue weighted by Crippen LogP contribution is 2.15. The maximum Gasteiger partial charge on any atom is 0.123 e. The van der Waals surface area contributed by atoms with Crippen LogP contribution < -0.4 is 0 Å². The molecule has 64 valence electrons. The third-order valence-electron chi connectivity index (χ3n) is 1.57. The fourth-order valence-corrected chi connectivity index (χ4v) is 0.912. The first-order valence-electron chi connectivity index (χ1n) is 3.61. The molecule has 2 nitrogen and oxygen atoms in total. The van der Waals surface area contributed by atoms with Crippen molar-refractivity contribution in [1.29, 1.82) is 0 Å². The van der Waals surface area contributed by atoms with Gasteiger partial charge in [0.15, 0.2) is 0 Å². The van der Waals surface area contributed by atoms with Gasteiger partial charge in [-0.1, -0.05) is 12.1 Å². The van der Waals surface area contributed by atoms with Crippen LogP contribution in [0.3, 0.4) is 0 Å². The Morgan fingerprint density at radius 3 is 2.50 bits per heavy atom. The van der Waals surface area contributed by atoms with Gasteiger partial charge in [-0.2, -0.15) is 0 Å². The van der Waals surface area contributed by atoms with Crippen molar-refractivity contribution >= 4 is 6.29 Å². The molecule has 1 unspecified atom stereocenters. The molecule has 0 radical (unpaired) electrons. The van der Waals surface area contributed by atoms with Gasteiger partial charge in [-0.15, -0.1) is 0 Å². The van der Waals surface area contributed by atoms with Gasteiger partial charge in [0.25, 0.3) is 0 Å². The molecule has 1 aromatic rings. The van der Waals surface area contributed by atoms with Gasteiger partial charge in [0, 0.05) is 6.42 Å². The van der Waals surface area contributed by atoms with Crippen LogP contribution in [0.5, 0.6) is 0 Å². The third kappa shape index (κ3) is 2.13. The van der Waals surface area contributed by atoms with Crippen LogP contribution in [-0.4, -0.2) is 11.4 Å². The van der Waals surface area contributed by atoms with Gasteiger partial charge >= 0.3 is 0 Å². The number of carbonyl (C=O) groups is 1. The Kier molecular flexibility index (Phi) is 2.94. The molecule has 0 saturated heterocycles. The molecule has 1 atom stereocenters. The summed E-state index contributed by atoms with van der Waals surface area (Å²) in [6.07, 6.45) is -0.136. The lowest BCUT2D eigenvalue weighted by molar-refractivity contribution is -0.109. The van der Waals surface area contributed by atoms with Gasteiger partial charge in [-0.3, -0.25) is 0 Å². The van der Waals surface area contributed by atoms with Crippen LogP contribution in [0.1, 0.15) is 18.1 Å². The van der Waals surface area contributed by atoms with Crippen molar-refractivity contribution in [2.24, 2.45) is 0 Å². The quantitative estimate of drug-likeness (QED) is 0.693. The molecule has 0 spiro atoms. The summed E-state index contributed by atoms with van der Waals surface area (Å²) in [6, 6.07) is 5.43. The van der Waals surface area contributed by atoms with Crippen molar-refractivity contribution in [3.63, 3.8) is 0 Å². The second-order valence-electron chi connectivity index (χ2n) is 2.47. The van der Waals surface area contributed by atoms with Crippen molar-refractivity contribution in [1.82, 2.24) is 0 Å². The van der Waals surface area contributed by atoms with Crippen LogP contribution in [0.4, 0.5) is 4.39 Å². The molecule has 0 aliphatic heterocycles. The predicted molar refractivity (Wildman–Crippen MR) is 42.0 cm³/mol. The Bertz CT molecular complexity index is 256. The van der Waals surface area contributed by atoms with Crippen molar-refractivity contribution in [3.8, 4) is 0 Å². The van der Waals surface area contributed by atoms with Crippen molar-refractivity contribution in [3.05, 3.63) is 35.6 Å². The number of aliphatic hydroxyl groups is 1. The maximum absolute atomic E-state index is 12.4. The lowest BCUT2D eigenvalue weighted by atomic mass is 10.1. The molecule has 0 aliphatic carbocycles. The zero-order valence-electron chi connectivity index (χ0n) is 6.40. The highest BCUT2D eigenvalue weighted by Gasteiger charge is 2.05. The largest absolute Gasteiger partial charge is 0.388 e. The van der Waals surface area contributed by atoms with Crippen molar-refractivity contribution in [2.75, 3.05) is 0 Å². The molecular weight excluding hydrogens is 159 g/mol. The Morgan fingerprint density at radius 2 is 2.00 bits per heavy atom. The summed E-state index contributed by atoms with van der Waals surface area (Å²) in [6.45, 7) is 0. The van der Waals surface area contributed by atoms with Crippen LogP contribution in [0.25, 0.3) is 0 Å². The normalized spacial score (nSPS) is 12.5.